The Balaban J connectivity index is 0.000000252. The van der Waals surface area contributed by atoms with Crippen LogP contribution >= 0.6 is 0 Å². The third-order valence-electron chi connectivity index (χ3n) is 1.11. The Hall–Kier alpha value is -1.10. The van der Waals surface area contributed by atoms with E-state index in [1.807, 2.05) is 30.3 Å². The summed E-state index contributed by atoms with van der Waals surface area (Å²) in [5.41, 5.74) is 0. The molecule has 0 aliphatic carbocycles. The number of methoxy groups -OCH3 is 1. The molecule has 4 heteroatoms. The zero-order valence-corrected chi connectivity index (χ0v) is 8.02. The average Bonchev–Trinajstić information content (AvgIpc) is 2.21. The van der Waals surface area contributed by atoms with Gasteiger partial charge >= 0.3 is 0 Å². The number of hydrogen-bond donors (Lipinski definition) is 0. The molecular formula is C9H14O4. The Morgan fingerprint density at radius 2 is 1.38 bits per heavy atom. The van der Waals surface area contributed by atoms with Crippen LogP contribution in [0.25, 0.3) is 0 Å². The fourth-order valence-electron chi connectivity index (χ4n) is 0.625. The molecule has 0 saturated carbocycles. The first-order chi connectivity index (χ1) is 6.35. The highest BCUT2D eigenvalue weighted by atomic mass is 17.5. The average molecular weight is 186 g/mol. The predicted molar refractivity (Wildman–Crippen MR) is 48.1 cm³/mol. The van der Waals surface area contributed by atoms with E-state index < -0.39 is 0 Å². The van der Waals surface area contributed by atoms with Crippen LogP contribution in [0.4, 0.5) is 0 Å². The maximum atomic E-state index is 4.91. The van der Waals surface area contributed by atoms with Crippen molar-refractivity contribution in [3.8, 4) is 5.75 Å². The summed E-state index contributed by atoms with van der Waals surface area (Å²) in [6, 6.07) is 9.68. The molecule has 0 aromatic heterocycles. The van der Waals surface area contributed by atoms with Crippen molar-refractivity contribution in [1.29, 1.82) is 0 Å². The third kappa shape index (κ3) is 7.27. The molecule has 0 amide bonds. The molecule has 1 rings (SSSR count). The van der Waals surface area contributed by atoms with Crippen LogP contribution in [0.1, 0.15) is 0 Å². The lowest BCUT2D eigenvalue weighted by Gasteiger charge is -1.93. The minimum absolute atomic E-state index is 0.910. The Bertz CT molecular complexity index is 186. The molecule has 0 saturated heterocycles. The maximum Gasteiger partial charge on any atom is 0.118 e. The van der Waals surface area contributed by atoms with Gasteiger partial charge in [-0.15, -0.1) is 0 Å². The molecule has 0 bridgehead atoms. The van der Waals surface area contributed by atoms with Crippen molar-refractivity contribution in [3.63, 3.8) is 0 Å². The fraction of sp³-hybridized carbons (Fsp3) is 0.333. The second-order valence-corrected chi connectivity index (χ2v) is 1.92. The zero-order valence-electron chi connectivity index (χ0n) is 8.02. The molecule has 0 aliphatic rings. The van der Waals surface area contributed by atoms with E-state index in [0.717, 1.165) is 5.75 Å². The molecule has 0 N–H and O–H groups in total. The van der Waals surface area contributed by atoms with Crippen molar-refractivity contribution < 1.29 is 19.6 Å². The summed E-state index contributed by atoms with van der Waals surface area (Å²) in [5.74, 6) is 0.910. The van der Waals surface area contributed by atoms with Gasteiger partial charge in [-0.2, -0.15) is 0 Å². The van der Waals surface area contributed by atoms with Crippen molar-refractivity contribution in [2.75, 3.05) is 21.3 Å². The van der Waals surface area contributed by atoms with Gasteiger partial charge in [-0.25, -0.2) is 9.78 Å². The van der Waals surface area contributed by atoms with Crippen LogP contribution < -0.4 is 4.74 Å². The smallest absolute Gasteiger partial charge is 0.118 e. The quantitative estimate of drug-likeness (QED) is 0.533. The molecule has 0 atom stereocenters. The molecule has 4 nitrogen and oxygen atoms in total. The van der Waals surface area contributed by atoms with E-state index >= 15 is 0 Å². The van der Waals surface area contributed by atoms with E-state index in [-0.39, 0.29) is 0 Å². The van der Waals surface area contributed by atoms with E-state index in [1.165, 1.54) is 14.2 Å². The van der Waals surface area contributed by atoms with E-state index in [2.05, 4.69) is 14.8 Å². The van der Waals surface area contributed by atoms with Gasteiger partial charge in [0.15, 0.2) is 0 Å². The van der Waals surface area contributed by atoms with E-state index in [0.29, 0.717) is 0 Å². The minimum Gasteiger partial charge on any atom is -0.497 e. The Labute approximate surface area is 77.8 Å². The second-order valence-electron chi connectivity index (χ2n) is 1.92. The van der Waals surface area contributed by atoms with Crippen LogP contribution in [0.2, 0.25) is 0 Å². The molecule has 0 radical (unpaired) electrons. The van der Waals surface area contributed by atoms with Gasteiger partial charge in [-0.3, -0.25) is 0 Å². The summed E-state index contributed by atoms with van der Waals surface area (Å²) in [6.45, 7) is 0. The van der Waals surface area contributed by atoms with Crippen LogP contribution in [0, 0.1) is 0 Å². The standard InChI is InChI=1S/C7H8O.C2H6O3/c1-8-7-5-3-2-4-6-7;1-3-5-4-2/h2-6H,1H3;1-2H3. The first-order valence-electron chi connectivity index (χ1n) is 3.67. The predicted octanol–water partition coefficient (Wildman–Crippen LogP) is 1.82. The molecular weight excluding hydrogens is 172 g/mol. The van der Waals surface area contributed by atoms with Crippen molar-refractivity contribution in [1.82, 2.24) is 0 Å². The molecule has 13 heavy (non-hydrogen) atoms. The van der Waals surface area contributed by atoms with E-state index in [9.17, 15) is 0 Å². The zero-order chi connectivity index (χ0) is 9.94. The first kappa shape index (κ1) is 11.9. The molecule has 1 aromatic rings. The lowest BCUT2D eigenvalue weighted by molar-refractivity contribution is -0.491. The Morgan fingerprint density at radius 1 is 0.846 bits per heavy atom. The summed E-state index contributed by atoms with van der Waals surface area (Å²) in [5, 5.41) is 3.83. The lowest BCUT2D eigenvalue weighted by atomic mass is 10.3. The van der Waals surface area contributed by atoms with Crippen LogP contribution in [-0.2, 0) is 14.8 Å². The normalized spacial score (nSPS) is 8.54. The summed E-state index contributed by atoms with van der Waals surface area (Å²) in [4.78, 5) is 7.94. The molecule has 1 aromatic carbocycles. The van der Waals surface area contributed by atoms with Gasteiger partial charge in [-0.1, -0.05) is 23.2 Å². The van der Waals surface area contributed by atoms with Gasteiger partial charge in [0.1, 0.15) is 5.75 Å². The van der Waals surface area contributed by atoms with Crippen molar-refractivity contribution in [2.24, 2.45) is 0 Å². The third-order valence-corrected chi connectivity index (χ3v) is 1.11. The summed E-state index contributed by atoms with van der Waals surface area (Å²) in [6.07, 6.45) is 0. The van der Waals surface area contributed by atoms with Crippen LogP contribution in [0.15, 0.2) is 30.3 Å². The molecule has 74 valence electrons. The number of para-hydroxylation sites is 1. The summed E-state index contributed by atoms with van der Waals surface area (Å²) < 4.78 is 4.91. The Morgan fingerprint density at radius 3 is 1.62 bits per heavy atom. The summed E-state index contributed by atoms with van der Waals surface area (Å²) in [7, 11) is 4.39. The first-order valence-corrected chi connectivity index (χ1v) is 3.67. The van der Waals surface area contributed by atoms with Gasteiger partial charge in [0.2, 0.25) is 0 Å². The second kappa shape index (κ2) is 8.99. The van der Waals surface area contributed by atoms with Crippen LogP contribution in [-0.4, -0.2) is 21.3 Å². The minimum atomic E-state index is 0.910. The number of hydrogen-bond acceptors (Lipinski definition) is 4. The molecule has 0 unspecified atom stereocenters. The highest BCUT2D eigenvalue weighted by Crippen LogP contribution is 2.05. The van der Waals surface area contributed by atoms with Crippen molar-refractivity contribution >= 4 is 0 Å². The topological polar surface area (TPSA) is 36.9 Å². The van der Waals surface area contributed by atoms with Crippen molar-refractivity contribution in [3.05, 3.63) is 30.3 Å². The van der Waals surface area contributed by atoms with E-state index in [1.54, 1.807) is 7.11 Å². The van der Waals surface area contributed by atoms with Gasteiger partial charge < -0.3 is 4.74 Å². The molecule has 0 aliphatic heterocycles. The van der Waals surface area contributed by atoms with Gasteiger partial charge in [-0.05, 0) is 12.1 Å². The van der Waals surface area contributed by atoms with Gasteiger partial charge in [0, 0.05) is 0 Å². The molecule has 0 spiro atoms. The monoisotopic (exact) mass is 186 g/mol. The Kier molecular flexibility index (Phi) is 8.23. The lowest BCUT2D eigenvalue weighted by Crippen LogP contribution is -1.82. The SMILES string of the molecule is COOOC.COc1ccccc1. The maximum absolute atomic E-state index is 4.91. The fourth-order valence-corrected chi connectivity index (χ4v) is 0.625. The highest BCUT2D eigenvalue weighted by molar-refractivity contribution is 5.20. The van der Waals surface area contributed by atoms with Crippen LogP contribution in [0.3, 0.4) is 0 Å². The van der Waals surface area contributed by atoms with E-state index in [4.69, 9.17) is 4.74 Å². The molecule has 0 fully saturated rings. The van der Waals surface area contributed by atoms with Crippen molar-refractivity contribution in [2.45, 2.75) is 0 Å². The summed E-state index contributed by atoms with van der Waals surface area (Å²) >= 11 is 0. The van der Waals surface area contributed by atoms with Crippen LogP contribution in [0.5, 0.6) is 5.75 Å². The van der Waals surface area contributed by atoms with Gasteiger partial charge in [0.05, 0.1) is 21.3 Å². The number of rotatable bonds is 3. The largest absolute Gasteiger partial charge is 0.497 e. The molecule has 0 heterocycles. The van der Waals surface area contributed by atoms with Gasteiger partial charge in [0.25, 0.3) is 0 Å². The number of ether oxygens (including phenoxy) is 1. The number of benzene rings is 1. The highest BCUT2D eigenvalue weighted by Gasteiger charge is 1.80.